The number of sulfonamides is 1. The number of hydrogen-bond acceptors (Lipinski definition) is 4. The molecule has 0 radical (unpaired) electrons. The van der Waals surface area contributed by atoms with Crippen LogP contribution in [0, 0.1) is 18.3 Å². The van der Waals surface area contributed by atoms with Gasteiger partial charge >= 0.3 is 0 Å². The molecule has 0 atom stereocenters. The Hall–Kier alpha value is -3.30. The highest BCUT2D eigenvalue weighted by atomic mass is 32.2. The first kappa shape index (κ1) is 19.5. The van der Waals surface area contributed by atoms with Gasteiger partial charge in [0.2, 0.25) is 0 Å². The predicted octanol–water partition coefficient (Wildman–Crippen LogP) is 4.29. The molecule has 0 aliphatic rings. The minimum atomic E-state index is -3.65. The fourth-order valence-corrected chi connectivity index (χ4v) is 3.80. The fraction of sp³-hybridized carbons (Fsp3) is 0.136. The average molecular weight is 392 g/mol. The first-order chi connectivity index (χ1) is 13.5. The maximum Gasteiger partial charge on any atom is 0.261 e. The molecule has 5 nitrogen and oxygen atoms in total. The van der Waals surface area contributed by atoms with E-state index in [1.807, 2.05) is 25.1 Å². The van der Waals surface area contributed by atoms with Crippen LogP contribution in [-0.4, -0.2) is 15.0 Å². The van der Waals surface area contributed by atoms with Gasteiger partial charge in [0.05, 0.1) is 28.8 Å². The lowest BCUT2D eigenvalue weighted by Gasteiger charge is -2.12. The zero-order valence-corrected chi connectivity index (χ0v) is 16.2. The molecule has 0 aromatic heterocycles. The minimum Gasteiger partial charge on any atom is -0.493 e. The highest BCUT2D eigenvalue weighted by Crippen LogP contribution is 2.23. The molecule has 0 aliphatic carbocycles. The molecule has 28 heavy (non-hydrogen) atoms. The van der Waals surface area contributed by atoms with E-state index in [4.69, 9.17) is 10.00 Å². The first-order valence-corrected chi connectivity index (χ1v) is 10.3. The van der Waals surface area contributed by atoms with Gasteiger partial charge in [-0.3, -0.25) is 4.72 Å². The molecule has 6 heteroatoms. The van der Waals surface area contributed by atoms with Gasteiger partial charge < -0.3 is 4.74 Å². The Bertz CT molecular complexity index is 1090. The van der Waals surface area contributed by atoms with Crippen molar-refractivity contribution >= 4 is 15.7 Å². The number of hydrogen-bond donors (Lipinski definition) is 1. The van der Waals surface area contributed by atoms with Gasteiger partial charge in [-0.05, 0) is 54.4 Å². The summed E-state index contributed by atoms with van der Waals surface area (Å²) in [5.74, 6) is 0.597. The number of nitriles is 1. The molecular weight excluding hydrogens is 372 g/mol. The van der Waals surface area contributed by atoms with E-state index in [0.29, 0.717) is 30.0 Å². The normalized spacial score (nSPS) is 10.9. The smallest absolute Gasteiger partial charge is 0.261 e. The van der Waals surface area contributed by atoms with Crippen molar-refractivity contribution < 1.29 is 13.2 Å². The number of ether oxygens (including phenoxy) is 1. The summed E-state index contributed by atoms with van der Waals surface area (Å²) >= 11 is 0. The number of benzene rings is 3. The zero-order valence-electron chi connectivity index (χ0n) is 15.4. The van der Waals surface area contributed by atoms with Crippen LogP contribution in [0.25, 0.3) is 0 Å². The van der Waals surface area contributed by atoms with Crippen molar-refractivity contribution in [3.05, 3.63) is 89.5 Å². The molecule has 3 aromatic rings. The van der Waals surface area contributed by atoms with Crippen LogP contribution >= 0.6 is 0 Å². The number of rotatable bonds is 7. The van der Waals surface area contributed by atoms with Crippen LogP contribution in [0.4, 0.5) is 5.69 Å². The monoisotopic (exact) mass is 392 g/mol. The van der Waals surface area contributed by atoms with Gasteiger partial charge in [-0.25, -0.2) is 8.42 Å². The highest BCUT2D eigenvalue weighted by molar-refractivity contribution is 7.92. The van der Waals surface area contributed by atoms with Gasteiger partial charge in [0.1, 0.15) is 5.75 Å². The van der Waals surface area contributed by atoms with Crippen LogP contribution < -0.4 is 9.46 Å². The van der Waals surface area contributed by atoms with Crippen LogP contribution in [0.1, 0.15) is 16.7 Å². The van der Waals surface area contributed by atoms with Crippen LogP contribution in [0.3, 0.4) is 0 Å². The lowest BCUT2D eigenvalue weighted by molar-refractivity contribution is 0.322. The summed E-state index contributed by atoms with van der Waals surface area (Å²) < 4.78 is 33.4. The Morgan fingerprint density at radius 2 is 1.71 bits per heavy atom. The third-order valence-corrected chi connectivity index (χ3v) is 5.50. The summed E-state index contributed by atoms with van der Waals surface area (Å²) in [4.78, 5) is 0.208. The second-order valence-corrected chi connectivity index (χ2v) is 8.04. The molecule has 1 N–H and O–H groups in total. The van der Waals surface area contributed by atoms with Crippen molar-refractivity contribution in [1.82, 2.24) is 0 Å². The van der Waals surface area contributed by atoms with Gasteiger partial charge in [0.25, 0.3) is 10.0 Å². The molecule has 0 spiro atoms. The maximum atomic E-state index is 12.5. The molecule has 0 aliphatic heterocycles. The van der Waals surface area contributed by atoms with E-state index < -0.39 is 10.0 Å². The molecule has 142 valence electrons. The molecule has 3 rings (SSSR count). The van der Waals surface area contributed by atoms with Crippen molar-refractivity contribution in [3.63, 3.8) is 0 Å². The van der Waals surface area contributed by atoms with Crippen LogP contribution in [-0.2, 0) is 16.4 Å². The van der Waals surface area contributed by atoms with Crippen molar-refractivity contribution in [1.29, 1.82) is 5.26 Å². The summed E-state index contributed by atoms with van der Waals surface area (Å²) in [5.41, 5.74) is 3.04. The Balaban J connectivity index is 1.66. The van der Waals surface area contributed by atoms with E-state index in [1.54, 1.807) is 54.6 Å². The summed E-state index contributed by atoms with van der Waals surface area (Å²) in [6, 6.07) is 23.0. The zero-order chi connectivity index (χ0) is 20.0. The molecule has 0 bridgehead atoms. The minimum absolute atomic E-state index is 0.208. The van der Waals surface area contributed by atoms with Gasteiger partial charge in [-0.2, -0.15) is 5.26 Å². The molecule has 0 unspecified atom stereocenters. The summed E-state index contributed by atoms with van der Waals surface area (Å²) in [6.45, 7) is 2.33. The SMILES string of the molecule is Cc1cc(NS(=O)(=O)c2ccccc2)cc(OCCc2ccc(C#N)cc2)c1. The Kier molecular flexibility index (Phi) is 5.97. The van der Waals surface area contributed by atoms with E-state index in [0.717, 1.165) is 11.1 Å². The maximum absolute atomic E-state index is 12.5. The Morgan fingerprint density at radius 1 is 1.00 bits per heavy atom. The molecular formula is C22H20N2O3S. The molecule has 0 saturated carbocycles. The Morgan fingerprint density at radius 3 is 2.39 bits per heavy atom. The van der Waals surface area contributed by atoms with Crippen molar-refractivity contribution in [2.75, 3.05) is 11.3 Å². The topological polar surface area (TPSA) is 79.2 Å². The van der Waals surface area contributed by atoms with E-state index in [2.05, 4.69) is 10.8 Å². The van der Waals surface area contributed by atoms with Gasteiger partial charge in [0.15, 0.2) is 0 Å². The lowest BCUT2D eigenvalue weighted by Crippen LogP contribution is -2.13. The molecule has 0 saturated heterocycles. The van der Waals surface area contributed by atoms with Crippen molar-refractivity contribution in [3.8, 4) is 11.8 Å². The average Bonchev–Trinajstić information content (AvgIpc) is 2.68. The number of nitrogens with zero attached hydrogens (tertiary/aromatic N) is 1. The molecule has 0 fully saturated rings. The van der Waals surface area contributed by atoms with E-state index in [1.165, 1.54) is 0 Å². The molecule has 3 aromatic carbocycles. The van der Waals surface area contributed by atoms with Crippen LogP contribution in [0.15, 0.2) is 77.7 Å². The van der Waals surface area contributed by atoms with Gasteiger partial charge in [0, 0.05) is 12.5 Å². The van der Waals surface area contributed by atoms with E-state index >= 15 is 0 Å². The first-order valence-electron chi connectivity index (χ1n) is 8.78. The summed E-state index contributed by atoms with van der Waals surface area (Å²) in [7, 11) is -3.65. The van der Waals surface area contributed by atoms with Gasteiger partial charge in [-0.15, -0.1) is 0 Å². The fourth-order valence-electron chi connectivity index (χ4n) is 2.74. The Labute approximate surface area is 165 Å². The van der Waals surface area contributed by atoms with Crippen LogP contribution in [0.5, 0.6) is 5.75 Å². The standard InChI is InChI=1S/C22H20N2O3S/c1-17-13-20(24-28(25,26)22-5-3-2-4-6-22)15-21(14-17)27-12-11-18-7-9-19(16-23)10-8-18/h2-10,13-15,24H,11-12H2,1H3. The van der Waals surface area contributed by atoms with E-state index in [9.17, 15) is 8.42 Å². The van der Waals surface area contributed by atoms with Crippen LogP contribution in [0.2, 0.25) is 0 Å². The van der Waals surface area contributed by atoms with Crippen molar-refractivity contribution in [2.24, 2.45) is 0 Å². The third-order valence-electron chi connectivity index (χ3n) is 4.10. The number of aryl methyl sites for hydroxylation is 1. The molecule has 0 amide bonds. The predicted molar refractivity (Wildman–Crippen MR) is 109 cm³/mol. The highest BCUT2D eigenvalue weighted by Gasteiger charge is 2.14. The second-order valence-electron chi connectivity index (χ2n) is 6.36. The largest absolute Gasteiger partial charge is 0.493 e. The number of anilines is 1. The lowest BCUT2D eigenvalue weighted by atomic mass is 10.1. The second kappa shape index (κ2) is 8.59. The van der Waals surface area contributed by atoms with Gasteiger partial charge in [-0.1, -0.05) is 30.3 Å². The summed E-state index contributed by atoms with van der Waals surface area (Å²) in [6.07, 6.45) is 0.685. The van der Waals surface area contributed by atoms with Crippen molar-refractivity contribution in [2.45, 2.75) is 18.2 Å². The summed E-state index contributed by atoms with van der Waals surface area (Å²) in [5, 5.41) is 8.84. The quantitative estimate of drug-likeness (QED) is 0.650. The number of nitrogens with one attached hydrogen (secondary N) is 1. The third kappa shape index (κ3) is 5.12. The molecule has 0 heterocycles. The van der Waals surface area contributed by atoms with E-state index in [-0.39, 0.29) is 4.90 Å².